The van der Waals surface area contributed by atoms with Crippen LogP contribution in [0.4, 0.5) is 4.39 Å². The summed E-state index contributed by atoms with van der Waals surface area (Å²) in [5.41, 5.74) is -0.591. The molecule has 0 saturated carbocycles. The summed E-state index contributed by atoms with van der Waals surface area (Å²) in [4.78, 5) is 38.3. The lowest BCUT2D eigenvalue weighted by molar-refractivity contribution is -0.175. The number of rotatable bonds is 11. The van der Waals surface area contributed by atoms with Crippen LogP contribution in [0.5, 0.6) is 5.75 Å². The summed E-state index contributed by atoms with van der Waals surface area (Å²) in [5, 5.41) is 2.51. The lowest BCUT2D eigenvalue weighted by Crippen LogP contribution is -2.37. The van der Waals surface area contributed by atoms with Crippen LogP contribution in [0.25, 0.3) is 0 Å². The van der Waals surface area contributed by atoms with Crippen molar-refractivity contribution < 1.29 is 32.3 Å². The van der Waals surface area contributed by atoms with Gasteiger partial charge < -0.3 is 14.0 Å². The number of halogens is 1. The van der Waals surface area contributed by atoms with Crippen molar-refractivity contribution in [1.82, 2.24) is 14.6 Å². The Kier molecular flexibility index (Phi) is 8.81. The van der Waals surface area contributed by atoms with E-state index >= 15 is 4.39 Å². The largest absolute Gasteiger partial charge is 0.460 e. The van der Waals surface area contributed by atoms with Gasteiger partial charge in [0.05, 0.1) is 0 Å². The molecule has 1 aromatic heterocycles. The van der Waals surface area contributed by atoms with E-state index in [0.29, 0.717) is 0 Å². The Morgan fingerprint density at radius 3 is 2.51 bits per heavy atom. The Balaban J connectivity index is 1.45. The number of ether oxygens (including phenoxy) is 2. The zero-order valence-corrected chi connectivity index (χ0v) is 22.2. The third kappa shape index (κ3) is 7.51. The predicted molar refractivity (Wildman–Crippen MR) is 139 cm³/mol. The summed E-state index contributed by atoms with van der Waals surface area (Å²) in [7, 11) is -4.36. The van der Waals surface area contributed by atoms with Crippen molar-refractivity contribution in [3.63, 3.8) is 0 Å². The molecule has 0 radical (unpaired) electrons. The van der Waals surface area contributed by atoms with Gasteiger partial charge in [-0.15, -0.1) is 0 Å². The maximum absolute atomic E-state index is 15.8. The highest BCUT2D eigenvalue weighted by atomic mass is 31.2. The highest BCUT2D eigenvalue weighted by Gasteiger charge is 2.48. The second-order valence-corrected chi connectivity index (χ2v) is 10.9. The number of alkyl halides is 1. The Bertz CT molecular complexity index is 1430. The third-order valence-electron chi connectivity index (χ3n) is 5.92. The maximum Gasteiger partial charge on any atom is 0.459 e. The number of para-hydroxylation sites is 1. The summed E-state index contributed by atoms with van der Waals surface area (Å²) < 4.78 is 52.3. The van der Waals surface area contributed by atoms with Gasteiger partial charge >= 0.3 is 19.4 Å². The van der Waals surface area contributed by atoms with E-state index in [2.05, 4.69) is 10.1 Å². The molecule has 4 rings (SSSR count). The lowest BCUT2D eigenvalue weighted by Gasteiger charge is -2.26. The van der Waals surface area contributed by atoms with Crippen molar-refractivity contribution >= 4 is 13.7 Å². The van der Waals surface area contributed by atoms with E-state index in [9.17, 15) is 18.9 Å². The molecule has 0 aliphatic carbocycles. The molecule has 5 atom stereocenters. The third-order valence-corrected chi connectivity index (χ3v) is 7.54. The number of H-pyrrole nitrogens is 1. The zero-order chi connectivity index (χ0) is 28.0. The van der Waals surface area contributed by atoms with E-state index in [1.54, 1.807) is 49.4 Å². The van der Waals surface area contributed by atoms with Gasteiger partial charge in [0.25, 0.3) is 5.56 Å². The van der Waals surface area contributed by atoms with E-state index < -0.39 is 55.6 Å². The molecular formula is C26H29FN3O8P. The first-order valence-corrected chi connectivity index (χ1v) is 13.8. The van der Waals surface area contributed by atoms with Gasteiger partial charge in [0, 0.05) is 24.6 Å². The van der Waals surface area contributed by atoms with Crippen molar-refractivity contribution in [2.45, 2.75) is 45.0 Å². The molecule has 0 spiro atoms. The first-order valence-electron chi connectivity index (χ1n) is 12.2. The van der Waals surface area contributed by atoms with Crippen LogP contribution in [0, 0.1) is 5.92 Å². The van der Waals surface area contributed by atoms with Gasteiger partial charge in [0.1, 0.15) is 31.2 Å². The zero-order valence-electron chi connectivity index (χ0n) is 21.3. The summed E-state index contributed by atoms with van der Waals surface area (Å²) >= 11 is 0. The van der Waals surface area contributed by atoms with Crippen LogP contribution in [0.15, 0.2) is 82.5 Å². The summed E-state index contributed by atoms with van der Waals surface area (Å²) in [6.45, 7) is 2.23. The summed E-state index contributed by atoms with van der Waals surface area (Å²) in [5.74, 6) is -3.52. The van der Waals surface area contributed by atoms with E-state index in [1.165, 1.54) is 25.3 Å². The fourth-order valence-electron chi connectivity index (χ4n) is 4.05. The SMILES string of the molecule is C[C@H](NP(=O)(OC[C@]1(F)C[C@H](C)[C@H](n2ccc(=O)[nH]c2=O)O1)Oc1ccccc1)C(=O)OCc1ccccc1. The van der Waals surface area contributed by atoms with Crippen LogP contribution in [0.1, 0.15) is 32.1 Å². The molecule has 13 heteroatoms. The molecule has 2 aromatic carbocycles. The standard InChI is InChI=1S/C26H29FN3O8P/c1-18-15-26(27,37-23(18)30-14-13-22(31)28-25(30)33)17-36-39(34,38-21-11-7-4-8-12-21)29-19(2)24(32)35-16-20-9-5-3-6-10-20/h3-14,18-19,23H,15-17H2,1-2H3,(H,29,34)(H,28,31,33)/t18-,19-,23+,26-,39?/m0/s1. The molecule has 3 aromatic rings. The molecule has 1 aliphatic heterocycles. The molecule has 11 nitrogen and oxygen atoms in total. The van der Waals surface area contributed by atoms with E-state index in [0.717, 1.165) is 16.2 Å². The van der Waals surface area contributed by atoms with E-state index in [4.69, 9.17) is 18.5 Å². The minimum Gasteiger partial charge on any atom is -0.460 e. The minimum atomic E-state index is -4.36. The van der Waals surface area contributed by atoms with Gasteiger partial charge in [0.15, 0.2) is 0 Å². The Labute approximate surface area is 223 Å². The van der Waals surface area contributed by atoms with Crippen molar-refractivity contribution in [3.05, 3.63) is 99.3 Å². The number of esters is 1. The fraction of sp³-hybridized carbons (Fsp3) is 0.346. The topological polar surface area (TPSA) is 138 Å². The van der Waals surface area contributed by atoms with Gasteiger partial charge in [-0.25, -0.2) is 13.8 Å². The van der Waals surface area contributed by atoms with E-state index in [1.807, 2.05) is 6.07 Å². The number of hydrogen-bond donors (Lipinski definition) is 2. The van der Waals surface area contributed by atoms with Gasteiger partial charge in [-0.3, -0.25) is 23.7 Å². The number of nitrogens with zero attached hydrogens (tertiary/aromatic N) is 1. The van der Waals surface area contributed by atoms with Crippen molar-refractivity contribution in [2.75, 3.05) is 6.61 Å². The Hall–Kier alpha value is -3.57. The molecule has 39 heavy (non-hydrogen) atoms. The molecular weight excluding hydrogens is 532 g/mol. The quantitative estimate of drug-likeness (QED) is 0.265. The normalized spacial score (nSPS) is 23.1. The number of aromatic amines is 1. The molecule has 2 heterocycles. The van der Waals surface area contributed by atoms with Crippen molar-refractivity contribution in [1.29, 1.82) is 0 Å². The number of carbonyl (C=O) groups excluding carboxylic acids is 1. The molecule has 1 saturated heterocycles. The molecule has 208 valence electrons. The van der Waals surface area contributed by atoms with E-state index in [-0.39, 0.29) is 18.8 Å². The number of hydrogen-bond acceptors (Lipinski definition) is 8. The Morgan fingerprint density at radius 1 is 1.18 bits per heavy atom. The molecule has 1 fully saturated rings. The first-order chi connectivity index (χ1) is 18.6. The average Bonchev–Trinajstić information content (AvgIpc) is 3.21. The van der Waals surface area contributed by atoms with Gasteiger partial charge in [-0.05, 0) is 24.6 Å². The number of nitrogens with one attached hydrogen (secondary N) is 2. The van der Waals surface area contributed by atoms with Gasteiger partial charge in [0.2, 0.25) is 5.85 Å². The Morgan fingerprint density at radius 2 is 1.85 bits per heavy atom. The predicted octanol–water partition coefficient (Wildman–Crippen LogP) is 3.68. The monoisotopic (exact) mass is 561 g/mol. The lowest BCUT2D eigenvalue weighted by atomic mass is 10.1. The van der Waals surface area contributed by atoms with Crippen LogP contribution in [-0.2, 0) is 30.0 Å². The minimum absolute atomic E-state index is 0.00121. The van der Waals surface area contributed by atoms with Gasteiger partial charge in [-0.2, -0.15) is 5.09 Å². The van der Waals surface area contributed by atoms with Crippen LogP contribution in [0.2, 0.25) is 0 Å². The maximum atomic E-state index is 15.8. The molecule has 2 N–H and O–H groups in total. The summed E-state index contributed by atoms with van der Waals surface area (Å²) in [6.07, 6.45) is -0.0384. The second kappa shape index (κ2) is 12.1. The fourth-order valence-corrected chi connectivity index (χ4v) is 5.57. The van der Waals surface area contributed by atoms with Gasteiger partial charge in [-0.1, -0.05) is 55.5 Å². The van der Waals surface area contributed by atoms with Crippen molar-refractivity contribution in [2.24, 2.45) is 5.92 Å². The van der Waals surface area contributed by atoms with Crippen LogP contribution < -0.4 is 20.9 Å². The highest BCUT2D eigenvalue weighted by molar-refractivity contribution is 7.52. The number of benzene rings is 2. The average molecular weight is 562 g/mol. The molecule has 0 bridgehead atoms. The smallest absolute Gasteiger partial charge is 0.459 e. The van der Waals surface area contributed by atoms with Crippen LogP contribution in [-0.4, -0.2) is 34.0 Å². The molecule has 1 unspecified atom stereocenters. The number of aromatic nitrogens is 2. The van der Waals surface area contributed by atoms with Crippen LogP contribution >= 0.6 is 7.75 Å². The van der Waals surface area contributed by atoms with Crippen LogP contribution in [0.3, 0.4) is 0 Å². The number of carbonyl (C=O) groups is 1. The second-order valence-electron chi connectivity index (χ2n) is 9.21. The van der Waals surface area contributed by atoms with Crippen molar-refractivity contribution in [3.8, 4) is 5.75 Å². The summed E-state index contributed by atoms with van der Waals surface area (Å²) in [6, 6.07) is 17.0. The highest BCUT2D eigenvalue weighted by Crippen LogP contribution is 2.49. The molecule has 0 amide bonds. The molecule has 1 aliphatic rings. The first kappa shape index (κ1) is 28.4.